The van der Waals surface area contributed by atoms with E-state index in [4.69, 9.17) is 4.74 Å². The molecule has 0 N–H and O–H groups in total. The minimum absolute atomic E-state index is 0.718. The molecule has 1 aromatic carbocycles. The van der Waals surface area contributed by atoms with E-state index >= 15 is 0 Å². The number of fused-ring (bicyclic) bond motifs is 1. The summed E-state index contributed by atoms with van der Waals surface area (Å²) in [6, 6.07) is 4.35. The lowest BCUT2D eigenvalue weighted by molar-refractivity contribution is 0.304. The van der Waals surface area contributed by atoms with Gasteiger partial charge in [-0.2, -0.15) is 0 Å². The fraction of sp³-hybridized carbons (Fsp3) is 0.375. The number of nitrogens with zero attached hydrogens (tertiary/aromatic N) is 3. The van der Waals surface area contributed by atoms with Crippen LogP contribution < -0.4 is 9.64 Å². The minimum atomic E-state index is 0.718. The van der Waals surface area contributed by atoms with Crippen LogP contribution in [0, 0.1) is 20.8 Å². The number of aryl methyl sites for hydroxylation is 3. The maximum atomic E-state index is 5.83. The Morgan fingerprint density at radius 1 is 1.15 bits per heavy atom. The van der Waals surface area contributed by atoms with Crippen molar-refractivity contribution in [1.82, 2.24) is 9.97 Å². The Morgan fingerprint density at radius 3 is 2.75 bits per heavy atom. The number of anilines is 1. The molecule has 0 saturated heterocycles. The third-order valence-electron chi connectivity index (χ3n) is 3.67. The largest absolute Gasteiger partial charge is 0.489 e. The molecule has 0 unspecified atom stereocenters. The molecule has 4 heteroatoms. The van der Waals surface area contributed by atoms with Gasteiger partial charge in [-0.15, -0.1) is 0 Å². The van der Waals surface area contributed by atoms with E-state index in [2.05, 4.69) is 40.8 Å². The fourth-order valence-electron chi connectivity index (χ4n) is 2.67. The molecule has 2 heterocycles. The van der Waals surface area contributed by atoms with Crippen molar-refractivity contribution in [3.63, 3.8) is 0 Å². The van der Waals surface area contributed by atoms with Crippen LogP contribution in [0.3, 0.4) is 0 Å². The van der Waals surface area contributed by atoms with Gasteiger partial charge in [0.05, 0.1) is 30.2 Å². The summed E-state index contributed by atoms with van der Waals surface area (Å²) >= 11 is 0. The summed E-state index contributed by atoms with van der Waals surface area (Å²) in [6.45, 7) is 8.60. The normalized spacial score (nSPS) is 13.8. The molecule has 0 amide bonds. The topological polar surface area (TPSA) is 38.2 Å². The molecule has 1 aromatic heterocycles. The van der Waals surface area contributed by atoms with Gasteiger partial charge in [0, 0.05) is 12.4 Å². The van der Waals surface area contributed by atoms with Crippen molar-refractivity contribution in [2.75, 3.05) is 18.1 Å². The van der Waals surface area contributed by atoms with Crippen molar-refractivity contribution in [2.24, 2.45) is 0 Å². The van der Waals surface area contributed by atoms with Gasteiger partial charge in [-0.1, -0.05) is 6.07 Å². The SMILES string of the molecule is Cc1cc(C)c2c(c1)N(Cc1nccnc1C)CCO2. The molecule has 0 saturated carbocycles. The molecule has 2 aromatic rings. The quantitative estimate of drug-likeness (QED) is 0.840. The Hall–Kier alpha value is -2.10. The Kier molecular flexibility index (Phi) is 3.30. The Morgan fingerprint density at radius 2 is 1.95 bits per heavy atom. The second-order valence-corrected chi connectivity index (χ2v) is 5.29. The zero-order chi connectivity index (χ0) is 14.1. The number of ether oxygens (including phenoxy) is 1. The smallest absolute Gasteiger partial charge is 0.145 e. The summed E-state index contributed by atoms with van der Waals surface area (Å²) in [4.78, 5) is 11.1. The molecule has 0 spiro atoms. The third-order valence-corrected chi connectivity index (χ3v) is 3.67. The Bertz CT molecular complexity index is 640. The van der Waals surface area contributed by atoms with Crippen LogP contribution >= 0.6 is 0 Å². The highest BCUT2D eigenvalue weighted by atomic mass is 16.5. The van der Waals surface area contributed by atoms with Crippen LogP contribution in [0.2, 0.25) is 0 Å². The second-order valence-electron chi connectivity index (χ2n) is 5.29. The number of aromatic nitrogens is 2. The Balaban J connectivity index is 1.96. The molecule has 0 bridgehead atoms. The fourth-order valence-corrected chi connectivity index (χ4v) is 2.67. The first kappa shape index (κ1) is 12.9. The summed E-state index contributed by atoms with van der Waals surface area (Å²) in [5.74, 6) is 1.00. The summed E-state index contributed by atoms with van der Waals surface area (Å²) in [7, 11) is 0. The predicted octanol–water partition coefficient (Wildman–Crippen LogP) is 2.80. The summed E-state index contributed by atoms with van der Waals surface area (Å²) in [5, 5.41) is 0. The van der Waals surface area contributed by atoms with Crippen LogP contribution in [0.5, 0.6) is 5.75 Å². The highest BCUT2D eigenvalue weighted by molar-refractivity contribution is 5.64. The van der Waals surface area contributed by atoms with Gasteiger partial charge < -0.3 is 9.64 Å². The predicted molar refractivity (Wildman–Crippen MR) is 79.2 cm³/mol. The molecule has 104 valence electrons. The van der Waals surface area contributed by atoms with Gasteiger partial charge >= 0.3 is 0 Å². The monoisotopic (exact) mass is 269 g/mol. The van der Waals surface area contributed by atoms with Gasteiger partial charge in [0.25, 0.3) is 0 Å². The van der Waals surface area contributed by atoms with E-state index < -0.39 is 0 Å². The molecule has 0 fully saturated rings. The van der Waals surface area contributed by atoms with E-state index in [1.54, 1.807) is 12.4 Å². The zero-order valence-corrected chi connectivity index (χ0v) is 12.2. The first-order valence-corrected chi connectivity index (χ1v) is 6.90. The lowest BCUT2D eigenvalue weighted by Gasteiger charge is -2.32. The van der Waals surface area contributed by atoms with Crippen molar-refractivity contribution in [3.05, 3.63) is 47.0 Å². The minimum Gasteiger partial charge on any atom is -0.489 e. The van der Waals surface area contributed by atoms with Gasteiger partial charge in [-0.05, 0) is 38.0 Å². The van der Waals surface area contributed by atoms with Gasteiger partial charge in [-0.25, -0.2) is 0 Å². The van der Waals surface area contributed by atoms with Crippen molar-refractivity contribution in [3.8, 4) is 5.75 Å². The maximum absolute atomic E-state index is 5.83. The van der Waals surface area contributed by atoms with Crippen LogP contribution in [-0.4, -0.2) is 23.1 Å². The van der Waals surface area contributed by atoms with Crippen molar-refractivity contribution in [1.29, 1.82) is 0 Å². The highest BCUT2D eigenvalue weighted by Crippen LogP contribution is 2.36. The molecule has 4 nitrogen and oxygen atoms in total. The van der Waals surface area contributed by atoms with Gasteiger partial charge in [0.1, 0.15) is 12.4 Å². The molecule has 1 aliphatic heterocycles. The number of benzene rings is 1. The molecule has 0 atom stereocenters. The molecule has 20 heavy (non-hydrogen) atoms. The second kappa shape index (κ2) is 5.12. The molecular formula is C16H19N3O. The van der Waals surface area contributed by atoms with Crippen LogP contribution in [0.25, 0.3) is 0 Å². The van der Waals surface area contributed by atoms with Crippen LogP contribution in [0.1, 0.15) is 22.5 Å². The highest BCUT2D eigenvalue weighted by Gasteiger charge is 2.21. The first-order chi connectivity index (χ1) is 9.65. The average molecular weight is 269 g/mol. The molecule has 3 rings (SSSR count). The van der Waals surface area contributed by atoms with Crippen molar-refractivity contribution >= 4 is 5.69 Å². The van der Waals surface area contributed by atoms with Crippen molar-refractivity contribution < 1.29 is 4.74 Å². The average Bonchev–Trinajstić information content (AvgIpc) is 2.42. The molecule has 1 aliphatic rings. The first-order valence-electron chi connectivity index (χ1n) is 6.90. The number of hydrogen-bond donors (Lipinski definition) is 0. The van der Waals surface area contributed by atoms with E-state index in [-0.39, 0.29) is 0 Å². The van der Waals surface area contributed by atoms with E-state index in [0.717, 1.165) is 36.8 Å². The molecule has 0 aliphatic carbocycles. The van der Waals surface area contributed by atoms with Crippen LogP contribution in [-0.2, 0) is 6.54 Å². The number of rotatable bonds is 2. The van der Waals surface area contributed by atoms with E-state index in [1.807, 2.05) is 6.92 Å². The number of hydrogen-bond acceptors (Lipinski definition) is 4. The van der Waals surface area contributed by atoms with Gasteiger partial charge in [0.15, 0.2) is 0 Å². The van der Waals surface area contributed by atoms with E-state index in [0.29, 0.717) is 0 Å². The van der Waals surface area contributed by atoms with Crippen LogP contribution in [0.15, 0.2) is 24.5 Å². The van der Waals surface area contributed by atoms with Gasteiger partial charge in [-0.3, -0.25) is 9.97 Å². The summed E-state index contributed by atoms with van der Waals surface area (Å²) < 4.78 is 5.83. The lowest BCUT2D eigenvalue weighted by Crippen LogP contribution is -2.33. The van der Waals surface area contributed by atoms with Crippen LogP contribution in [0.4, 0.5) is 5.69 Å². The Labute approximate surface area is 119 Å². The zero-order valence-electron chi connectivity index (χ0n) is 12.2. The summed E-state index contributed by atoms with van der Waals surface area (Å²) in [5.41, 5.74) is 5.64. The molecule has 0 radical (unpaired) electrons. The maximum Gasteiger partial charge on any atom is 0.145 e. The van der Waals surface area contributed by atoms with Crippen molar-refractivity contribution in [2.45, 2.75) is 27.3 Å². The summed E-state index contributed by atoms with van der Waals surface area (Å²) in [6.07, 6.45) is 3.49. The van der Waals surface area contributed by atoms with Gasteiger partial charge in [0.2, 0.25) is 0 Å². The third kappa shape index (κ3) is 2.33. The van der Waals surface area contributed by atoms with E-state index in [1.165, 1.54) is 16.8 Å². The molecular weight excluding hydrogens is 250 g/mol. The van der Waals surface area contributed by atoms with E-state index in [9.17, 15) is 0 Å². The standard InChI is InChI=1S/C16H19N3O/c1-11-8-12(2)16-15(9-11)19(6-7-20-16)10-14-13(3)17-4-5-18-14/h4-5,8-9H,6-7,10H2,1-3H3. The lowest BCUT2D eigenvalue weighted by atomic mass is 10.1.